The van der Waals surface area contributed by atoms with Gasteiger partial charge in [0.15, 0.2) is 5.69 Å². The number of aromatic nitrogens is 2. The summed E-state index contributed by atoms with van der Waals surface area (Å²) in [6.45, 7) is 0. The van der Waals surface area contributed by atoms with Crippen LogP contribution in [0, 0.1) is 5.82 Å². The summed E-state index contributed by atoms with van der Waals surface area (Å²) in [5.41, 5.74) is -9.68. The van der Waals surface area contributed by atoms with E-state index in [1.54, 1.807) is 5.32 Å². The Morgan fingerprint density at radius 3 is 2.05 bits per heavy atom. The summed E-state index contributed by atoms with van der Waals surface area (Å²) in [5, 5.41) is -0.172. The number of nitrogens with one attached hydrogen (secondary N) is 1. The van der Waals surface area contributed by atoms with Crippen LogP contribution in [0.1, 0.15) is 16.8 Å². The molecule has 0 unspecified atom stereocenters. The predicted octanol–water partition coefficient (Wildman–Crippen LogP) is 7.49. The molecule has 3 rings (SSSR count). The van der Waals surface area contributed by atoms with Crippen LogP contribution in [-0.2, 0) is 18.5 Å². The second kappa shape index (κ2) is 9.59. The van der Waals surface area contributed by atoms with Gasteiger partial charge in [-0.05, 0) is 24.3 Å². The van der Waals surface area contributed by atoms with E-state index in [0.717, 1.165) is 7.11 Å². The number of alkyl halides is 9. The highest BCUT2D eigenvalue weighted by Crippen LogP contribution is 2.41. The van der Waals surface area contributed by atoms with Gasteiger partial charge in [0.05, 0.1) is 34.6 Å². The minimum atomic E-state index is -5.46. The normalized spacial score (nSPS) is 12.6. The number of methoxy groups -OCH3 is 1. The van der Waals surface area contributed by atoms with Crippen LogP contribution in [0.15, 0.2) is 35.1 Å². The average molecular weight is 584 g/mol. The maximum Gasteiger partial charge on any atom is 0.435 e. The van der Waals surface area contributed by atoms with Crippen molar-refractivity contribution in [3.63, 3.8) is 0 Å². The molecule has 5 nitrogen and oxygen atoms in total. The van der Waals surface area contributed by atoms with Crippen molar-refractivity contribution in [1.82, 2.24) is 9.55 Å². The van der Waals surface area contributed by atoms with Crippen molar-refractivity contribution in [2.75, 3.05) is 12.4 Å². The largest absolute Gasteiger partial charge is 0.495 e. The van der Waals surface area contributed by atoms with Gasteiger partial charge < -0.3 is 10.1 Å². The molecular formula is C20H9Cl2F10N3O2. The molecule has 0 atom stereocenters. The van der Waals surface area contributed by atoms with Crippen molar-refractivity contribution in [2.24, 2.45) is 0 Å². The summed E-state index contributed by atoms with van der Waals surface area (Å²) < 4.78 is 140. The molecular weight excluding hydrogens is 575 g/mol. The van der Waals surface area contributed by atoms with Crippen LogP contribution in [0.2, 0.25) is 10.0 Å². The first-order valence-corrected chi connectivity index (χ1v) is 10.1. The van der Waals surface area contributed by atoms with Crippen molar-refractivity contribution in [3.05, 3.63) is 73.4 Å². The molecule has 0 aliphatic carbocycles. The highest BCUT2D eigenvalue weighted by atomic mass is 35.5. The van der Waals surface area contributed by atoms with Crippen molar-refractivity contribution < 1.29 is 48.6 Å². The molecule has 17 heteroatoms. The highest BCUT2D eigenvalue weighted by molar-refractivity contribution is 6.32. The molecule has 2 aromatic carbocycles. The summed E-state index contributed by atoms with van der Waals surface area (Å²) in [6.07, 6.45) is -16.1. The van der Waals surface area contributed by atoms with E-state index < -0.39 is 69.1 Å². The van der Waals surface area contributed by atoms with Crippen LogP contribution in [0.4, 0.5) is 55.5 Å². The smallest absolute Gasteiger partial charge is 0.435 e. The number of ether oxygens (including phenoxy) is 1. The molecule has 3 aromatic rings. The van der Waals surface area contributed by atoms with Gasteiger partial charge in [0.1, 0.15) is 16.6 Å². The maximum atomic E-state index is 14.7. The van der Waals surface area contributed by atoms with E-state index in [1.165, 1.54) is 0 Å². The maximum absolute atomic E-state index is 14.7. The number of rotatable bonds is 4. The fourth-order valence-electron chi connectivity index (χ4n) is 3.03. The summed E-state index contributed by atoms with van der Waals surface area (Å²) in [7, 11) is 1.06. The van der Waals surface area contributed by atoms with E-state index in [-0.39, 0.29) is 33.5 Å². The standard InChI is InChI=1S/C20H9Cl2F10N3O2/c1-37-13-6-12(10(23)5-9(13)21)35-16(36)14(22)15(20(30,31)32)34-17(35)33-11-3-2-7(18(24,25)26)4-8(11)19(27,28)29/h2-6H,1H3,(H,33,34). The highest BCUT2D eigenvalue weighted by Gasteiger charge is 2.40. The van der Waals surface area contributed by atoms with Crippen molar-refractivity contribution in [1.29, 1.82) is 0 Å². The zero-order valence-corrected chi connectivity index (χ0v) is 19.1. The molecule has 0 aliphatic rings. The van der Waals surface area contributed by atoms with Crippen LogP contribution >= 0.6 is 23.2 Å². The number of benzene rings is 2. The van der Waals surface area contributed by atoms with Gasteiger partial charge in [-0.15, -0.1) is 0 Å². The second-order valence-corrected chi connectivity index (χ2v) is 7.84. The minimum absolute atomic E-state index is 0.0452. The molecule has 0 saturated heterocycles. The van der Waals surface area contributed by atoms with Crippen LogP contribution in [0.25, 0.3) is 5.69 Å². The average Bonchev–Trinajstić information content (AvgIpc) is 2.75. The first kappa shape index (κ1) is 28.4. The molecule has 1 N–H and O–H groups in total. The van der Waals surface area contributed by atoms with Gasteiger partial charge in [-0.3, -0.25) is 4.79 Å². The summed E-state index contributed by atoms with van der Waals surface area (Å²) in [6, 6.07) is 1.44. The summed E-state index contributed by atoms with van der Waals surface area (Å²) in [5.74, 6) is -3.04. The van der Waals surface area contributed by atoms with Crippen LogP contribution < -0.4 is 15.6 Å². The Hall–Kier alpha value is -3.20. The van der Waals surface area contributed by atoms with E-state index in [9.17, 15) is 48.7 Å². The van der Waals surface area contributed by atoms with Gasteiger partial charge in [-0.2, -0.15) is 39.5 Å². The Balaban J connectivity index is 2.38. The van der Waals surface area contributed by atoms with Gasteiger partial charge in [0.2, 0.25) is 5.95 Å². The fourth-order valence-corrected chi connectivity index (χ4v) is 3.49. The van der Waals surface area contributed by atoms with Crippen molar-refractivity contribution in [2.45, 2.75) is 18.5 Å². The Morgan fingerprint density at radius 2 is 1.54 bits per heavy atom. The topological polar surface area (TPSA) is 56.1 Å². The third-order valence-corrected chi connectivity index (χ3v) is 5.29. The molecule has 37 heavy (non-hydrogen) atoms. The zero-order chi connectivity index (χ0) is 28.1. The molecule has 0 aliphatic heterocycles. The van der Waals surface area contributed by atoms with Crippen LogP contribution in [0.5, 0.6) is 5.75 Å². The molecule has 0 fully saturated rings. The van der Waals surface area contributed by atoms with Gasteiger partial charge in [0, 0.05) is 6.07 Å². The third kappa shape index (κ3) is 5.71. The van der Waals surface area contributed by atoms with E-state index in [0.29, 0.717) is 12.1 Å². The Labute approximate surface area is 209 Å². The van der Waals surface area contributed by atoms with Gasteiger partial charge in [-0.25, -0.2) is 13.9 Å². The van der Waals surface area contributed by atoms with Gasteiger partial charge in [-0.1, -0.05) is 23.2 Å². The van der Waals surface area contributed by atoms with Gasteiger partial charge >= 0.3 is 18.5 Å². The minimum Gasteiger partial charge on any atom is -0.495 e. The Kier molecular flexibility index (Phi) is 7.36. The second-order valence-electron chi connectivity index (χ2n) is 7.06. The quantitative estimate of drug-likeness (QED) is 0.323. The first-order valence-electron chi connectivity index (χ1n) is 9.35. The van der Waals surface area contributed by atoms with Crippen molar-refractivity contribution in [3.8, 4) is 11.4 Å². The van der Waals surface area contributed by atoms with E-state index in [4.69, 9.17) is 27.9 Å². The monoisotopic (exact) mass is 583 g/mol. The predicted molar refractivity (Wildman–Crippen MR) is 111 cm³/mol. The fraction of sp³-hybridized carbons (Fsp3) is 0.200. The number of nitrogens with zero attached hydrogens (tertiary/aromatic N) is 2. The first-order chi connectivity index (χ1) is 16.9. The summed E-state index contributed by atoms with van der Waals surface area (Å²) >= 11 is 11.3. The van der Waals surface area contributed by atoms with E-state index >= 15 is 0 Å². The van der Waals surface area contributed by atoms with Crippen molar-refractivity contribution >= 4 is 34.8 Å². The lowest BCUT2D eigenvalue weighted by Crippen LogP contribution is -2.28. The molecule has 200 valence electrons. The zero-order valence-electron chi connectivity index (χ0n) is 17.6. The van der Waals surface area contributed by atoms with Crippen LogP contribution in [0.3, 0.4) is 0 Å². The molecule has 0 saturated carbocycles. The summed E-state index contributed by atoms with van der Waals surface area (Å²) in [4.78, 5) is 15.8. The molecule has 0 radical (unpaired) electrons. The lowest BCUT2D eigenvalue weighted by Gasteiger charge is -2.21. The third-order valence-electron chi connectivity index (χ3n) is 4.66. The van der Waals surface area contributed by atoms with E-state index in [2.05, 4.69) is 4.98 Å². The molecule has 0 bridgehead atoms. The number of halogens is 12. The number of anilines is 2. The lowest BCUT2D eigenvalue weighted by molar-refractivity contribution is -0.143. The number of hydrogen-bond acceptors (Lipinski definition) is 4. The SMILES string of the molecule is COc1cc(-n2c(Nc3ccc(C(F)(F)F)cc3C(F)(F)F)nc(C(F)(F)F)c(Cl)c2=O)c(F)cc1Cl. The van der Waals surface area contributed by atoms with Crippen LogP contribution in [-0.4, -0.2) is 16.7 Å². The Morgan fingerprint density at radius 1 is 0.919 bits per heavy atom. The van der Waals surface area contributed by atoms with E-state index in [1.807, 2.05) is 0 Å². The molecule has 1 heterocycles. The molecule has 0 spiro atoms. The molecule has 1 aromatic heterocycles. The molecule has 0 amide bonds. The lowest BCUT2D eigenvalue weighted by atomic mass is 10.1. The Bertz CT molecular complexity index is 1420. The van der Waals surface area contributed by atoms with Gasteiger partial charge in [0.25, 0.3) is 5.56 Å². The number of hydrogen-bond donors (Lipinski definition) is 1.